The van der Waals surface area contributed by atoms with Crippen LogP contribution in [0.2, 0.25) is 0 Å². The molecule has 0 aromatic heterocycles. The summed E-state index contributed by atoms with van der Waals surface area (Å²) >= 11 is 0. The second kappa shape index (κ2) is 3.83. The first-order chi connectivity index (χ1) is 6.06. The van der Waals surface area contributed by atoms with Crippen LogP contribution in [-0.2, 0) is 4.79 Å². The fourth-order valence-corrected chi connectivity index (χ4v) is 2.08. The lowest BCUT2D eigenvalue weighted by atomic mass is 9.86. The van der Waals surface area contributed by atoms with Crippen molar-refractivity contribution in [2.75, 3.05) is 0 Å². The minimum absolute atomic E-state index is 0.139. The molecule has 1 fully saturated rings. The zero-order chi connectivity index (χ0) is 9.90. The van der Waals surface area contributed by atoms with E-state index in [9.17, 15) is 4.79 Å². The molecule has 1 aliphatic carbocycles. The molecular formula is C11H17NO. The number of nitrogens with one attached hydrogen (secondary N) is 1. The monoisotopic (exact) mass is 179 g/mol. The number of hydrogen-bond donors (Lipinski definition) is 1. The van der Waals surface area contributed by atoms with Gasteiger partial charge >= 0.3 is 0 Å². The Balaban J connectivity index is 2.54. The van der Waals surface area contributed by atoms with E-state index in [2.05, 4.69) is 25.1 Å². The van der Waals surface area contributed by atoms with Gasteiger partial charge in [-0.05, 0) is 38.5 Å². The lowest BCUT2D eigenvalue weighted by Gasteiger charge is -2.31. The highest BCUT2D eigenvalue weighted by molar-refractivity contribution is 5.93. The van der Waals surface area contributed by atoms with Crippen molar-refractivity contribution in [3.05, 3.63) is 0 Å². The number of carbonyl (C=O) groups excluding carboxylic acids is 1. The van der Waals surface area contributed by atoms with Gasteiger partial charge in [-0.15, -0.1) is 6.42 Å². The highest BCUT2D eigenvalue weighted by Gasteiger charge is 2.32. The number of terminal acetylenes is 1. The van der Waals surface area contributed by atoms with Gasteiger partial charge in [0.2, 0.25) is 0 Å². The topological polar surface area (TPSA) is 29.1 Å². The Hall–Kier alpha value is -0.970. The molecule has 0 saturated heterocycles. The van der Waals surface area contributed by atoms with Crippen LogP contribution in [0.4, 0.5) is 0 Å². The minimum Gasteiger partial charge on any atom is -0.340 e. The van der Waals surface area contributed by atoms with E-state index < -0.39 is 0 Å². The van der Waals surface area contributed by atoms with Gasteiger partial charge in [0.15, 0.2) is 0 Å². The number of rotatable bonds is 2. The molecule has 0 radical (unpaired) electrons. The van der Waals surface area contributed by atoms with Crippen molar-refractivity contribution in [1.29, 1.82) is 0 Å². The summed E-state index contributed by atoms with van der Waals surface area (Å²) in [6, 6.07) is 0. The maximum Gasteiger partial charge on any atom is 0.296 e. The zero-order valence-electron chi connectivity index (χ0n) is 8.39. The molecule has 1 rings (SSSR count). The lowest BCUT2D eigenvalue weighted by molar-refractivity contribution is -0.117. The van der Waals surface area contributed by atoms with Gasteiger partial charge in [0, 0.05) is 5.54 Å². The van der Waals surface area contributed by atoms with Crippen LogP contribution >= 0.6 is 0 Å². The van der Waals surface area contributed by atoms with Crippen LogP contribution < -0.4 is 5.32 Å². The van der Waals surface area contributed by atoms with Crippen molar-refractivity contribution in [3.63, 3.8) is 0 Å². The molecule has 2 nitrogen and oxygen atoms in total. The molecule has 1 N–H and O–H groups in total. The number of carbonyl (C=O) groups is 1. The molecular weight excluding hydrogens is 162 g/mol. The molecule has 0 aliphatic heterocycles. The summed E-state index contributed by atoms with van der Waals surface area (Å²) in [5.74, 6) is 2.39. The summed E-state index contributed by atoms with van der Waals surface area (Å²) in [6.45, 7) is 4.11. The van der Waals surface area contributed by atoms with E-state index in [0.29, 0.717) is 5.92 Å². The lowest BCUT2D eigenvalue weighted by Crippen LogP contribution is -2.47. The highest BCUT2D eigenvalue weighted by atomic mass is 16.1. The first kappa shape index (κ1) is 10.1. The Morgan fingerprint density at radius 3 is 2.46 bits per heavy atom. The Kier molecular flexibility index (Phi) is 2.98. The van der Waals surface area contributed by atoms with Crippen LogP contribution in [0.25, 0.3) is 0 Å². The van der Waals surface area contributed by atoms with Gasteiger partial charge in [0.05, 0.1) is 0 Å². The predicted molar refractivity (Wildman–Crippen MR) is 53.0 cm³/mol. The van der Waals surface area contributed by atoms with E-state index in [0.717, 1.165) is 0 Å². The van der Waals surface area contributed by atoms with Gasteiger partial charge in [0.1, 0.15) is 0 Å². The van der Waals surface area contributed by atoms with E-state index in [1.165, 1.54) is 25.7 Å². The molecule has 0 unspecified atom stereocenters. The normalized spacial score (nSPS) is 18.2. The van der Waals surface area contributed by atoms with Gasteiger partial charge in [0.25, 0.3) is 5.91 Å². The molecule has 0 bridgehead atoms. The van der Waals surface area contributed by atoms with Crippen molar-refractivity contribution in [3.8, 4) is 12.3 Å². The van der Waals surface area contributed by atoms with Crippen LogP contribution in [0.15, 0.2) is 0 Å². The molecule has 0 aromatic carbocycles. The van der Waals surface area contributed by atoms with Crippen molar-refractivity contribution in [1.82, 2.24) is 5.32 Å². The maximum atomic E-state index is 11.0. The van der Waals surface area contributed by atoms with Gasteiger partial charge < -0.3 is 5.32 Å². The molecule has 0 atom stereocenters. The predicted octanol–water partition coefficient (Wildman–Crippen LogP) is 1.70. The van der Waals surface area contributed by atoms with Crippen LogP contribution in [0, 0.1) is 18.3 Å². The highest BCUT2D eigenvalue weighted by Crippen LogP contribution is 2.33. The largest absolute Gasteiger partial charge is 0.340 e. The molecule has 0 heterocycles. The van der Waals surface area contributed by atoms with E-state index in [1.807, 2.05) is 0 Å². The summed E-state index contributed by atoms with van der Waals surface area (Å²) < 4.78 is 0. The smallest absolute Gasteiger partial charge is 0.296 e. The SMILES string of the molecule is C#CC(=O)NC(C)(C)C1CCCC1. The minimum atomic E-state index is -0.295. The Morgan fingerprint density at radius 2 is 2.00 bits per heavy atom. The standard InChI is InChI=1S/C11H17NO/c1-4-10(13)12-11(2,3)9-7-5-6-8-9/h1,9H,5-8H2,2-3H3,(H,12,13). The van der Waals surface area contributed by atoms with E-state index in [1.54, 1.807) is 0 Å². The average Bonchev–Trinajstić information content (AvgIpc) is 2.55. The molecule has 1 aliphatic rings. The molecule has 72 valence electrons. The first-order valence-electron chi connectivity index (χ1n) is 4.85. The Labute approximate surface area is 80.1 Å². The third-order valence-electron chi connectivity index (χ3n) is 2.94. The summed E-state index contributed by atoms with van der Waals surface area (Å²) in [7, 11) is 0. The van der Waals surface area contributed by atoms with Gasteiger partial charge in [-0.3, -0.25) is 4.79 Å². The van der Waals surface area contributed by atoms with Gasteiger partial charge in [-0.2, -0.15) is 0 Å². The molecule has 1 amide bonds. The third kappa shape index (κ3) is 2.48. The second-order valence-electron chi connectivity index (χ2n) is 4.30. The summed E-state index contributed by atoms with van der Waals surface area (Å²) in [5.41, 5.74) is -0.139. The van der Waals surface area contributed by atoms with Crippen LogP contribution in [0.3, 0.4) is 0 Å². The van der Waals surface area contributed by atoms with E-state index in [-0.39, 0.29) is 11.4 Å². The van der Waals surface area contributed by atoms with E-state index >= 15 is 0 Å². The maximum absolute atomic E-state index is 11.0. The van der Waals surface area contributed by atoms with Crippen LogP contribution in [-0.4, -0.2) is 11.4 Å². The van der Waals surface area contributed by atoms with Gasteiger partial charge in [-0.1, -0.05) is 12.8 Å². The summed E-state index contributed by atoms with van der Waals surface area (Å²) in [6.07, 6.45) is 9.98. The van der Waals surface area contributed by atoms with E-state index in [4.69, 9.17) is 6.42 Å². The number of hydrogen-bond acceptors (Lipinski definition) is 1. The molecule has 0 aromatic rings. The zero-order valence-corrected chi connectivity index (χ0v) is 8.39. The van der Waals surface area contributed by atoms with Crippen LogP contribution in [0.1, 0.15) is 39.5 Å². The quantitative estimate of drug-likeness (QED) is 0.642. The Bertz CT molecular complexity index is 231. The Morgan fingerprint density at radius 1 is 1.46 bits per heavy atom. The fourth-order valence-electron chi connectivity index (χ4n) is 2.08. The molecule has 0 spiro atoms. The molecule has 13 heavy (non-hydrogen) atoms. The van der Waals surface area contributed by atoms with Gasteiger partial charge in [-0.25, -0.2) is 0 Å². The fraction of sp³-hybridized carbons (Fsp3) is 0.727. The van der Waals surface area contributed by atoms with Crippen LogP contribution in [0.5, 0.6) is 0 Å². The molecule has 2 heteroatoms. The van der Waals surface area contributed by atoms with Crippen molar-refractivity contribution in [2.24, 2.45) is 5.92 Å². The summed E-state index contributed by atoms with van der Waals surface area (Å²) in [5, 5.41) is 2.87. The first-order valence-corrected chi connectivity index (χ1v) is 4.85. The summed E-state index contributed by atoms with van der Waals surface area (Å²) in [4.78, 5) is 11.0. The second-order valence-corrected chi connectivity index (χ2v) is 4.30. The van der Waals surface area contributed by atoms with Crippen molar-refractivity contribution in [2.45, 2.75) is 45.1 Å². The number of amides is 1. The average molecular weight is 179 g/mol. The molecule has 1 saturated carbocycles. The third-order valence-corrected chi connectivity index (χ3v) is 2.94. The van der Waals surface area contributed by atoms with Crippen molar-refractivity contribution < 1.29 is 4.79 Å². The van der Waals surface area contributed by atoms with Crippen molar-refractivity contribution >= 4 is 5.91 Å².